The third-order valence-corrected chi connectivity index (χ3v) is 3.77. The molecule has 6 heteroatoms. The molecule has 0 spiro atoms. The average Bonchev–Trinajstić information content (AvgIpc) is 2.70. The summed E-state index contributed by atoms with van der Waals surface area (Å²) in [6, 6.07) is 19.5. The molecule has 2 amide bonds. The van der Waals surface area contributed by atoms with Gasteiger partial charge in [-0.25, -0.2) is 0 Å². The summed E-state index contributed by atoms with van der Waals surface area (Å²) in [5.41, 5.74) is 1.18. The minimum Gasteiger partial charge on any atom is -0.457 e. The molecule has 2 aromatic carbocycles. The number of hydrogen-bond acceptors (Lipinski definition) is 4. The number of nitrogens with one attached hydrogen (secondary N) is 2. The zero-order valence-corrected chi connectivity index (χ0v) is 15.7. The summed E-state index contributed by atoms with van der Waals surface area (Å²) < 4.78 is 5.73. The summed E-state index contributed by atoms with van der Waals surface area (Å²) in [7, 11) is 0. The summed E-state index contributed by atoms with van der Waals surface area (Å²) >= 11 is 0. The Balaban J connectivity index is 1.65. The van der Waals surface area contributed by atoms with Crippen molar-refractivity contribution in [1.29, 1.82) is 0 Å². The number of benzene rings is 2. The van der Waals surface area contributed by atoms with Crippen LogP contribution in [0.1, 0.15) is 34.7 Å². The molecule has 2 N–H and O–H groups in total. The van der Waals surface area contributed by atoms with Crippen LogP contribution in [-0.2, 0) is 0 Å². The monoisotopic (exact) mass is 375 g/mol. The number of anilines is 1. The predicted molar refractivity (Wildman–Crippen MR) is 108 cm³/mol. The van der Waals surface area contributed by atoms with Crippen LogP contribution >= 0.6 is 0 Å². The second kappa shape index (κ2) is 8.81. The van der Waals surface area contributed by atoms with E-state index in [4.69, 9.17) is 4.74 Å². The summed E-state index contributed by atoms with van der Waals surface area (Å²) in [6.07, 6.45) is 1.45. The van der Waals surface area contributed by atoms with Crippen LogP contribution in [0.3, 0.4) is 0 Å². The highest BCUT2D eigenvalue weighted by molar-refractivity contribution is 6.05. The number of ether oxygens (including phenoxy) is 1. The first-order valence-corrected chi connectivity index (χ1v) is 8.92. The zero-order chi connectivity index (χ0) is 19.9. The predicted octanol–water partition coefficient (Wildman–Crippen LogP) is 4.26. The molecule has 0 fully saturated rings. The lowest BCUT2D eigenvalue weighted by Gasteiger charge is -2.10. The van der Waals surface area contributed by atoms with Crippen molar-refractivity contribution >= 4 is 17.5 Å². The van der Waals surface area contributed by atoms with Gasteiger partial charge >= 0.3 is 0 Å². The normalized spacial score (nSPS) is 10.4. The molecule has 1 heterocycles. The van der Waals surface area contributed by atoms with Gasteiger partial charge in [-0.1, -0.05) is 18.2 Å². The van der Waals surface area contributed by atoms with Crippen LogP contribution in [0.25, 0.3) is 0 Å². The number of pyridine rings is 1. The maximum Gasteiger partial charge on any atom is 0.270 e. The Bertz CT molecular complexity index is 954. The molecule has 0 saturated heterocycles. The Hall–Kier alpha value is -3.67. The molecule has 0 saturated carbocycles. The summed E-state index contributed by atoms with van der Waals surface area (Å²) in [5, 5.41) is 5.56. The lowest BCUT2D eigenvalue weighted by Crippen LogP contribution is -2.31. The highest BCUT2D eigenvalue weighted by Gasteiger charge is 2.13. The van der Waals surface area contributed by atoms with E-state index in [1.54, 1.807) is 30.3 Å². The van der Waals surface area contributed by atoms with Crippen LogP contribution in [0, 0.1) is 0 Å². The van der Waals surface area contributed by atoms with Crippen LogP contribution < -0.4 is 15.4 Å². The molecular weight excluding hydrogens is 354 g/mol. The minimum absolute atomic E-state index is 0.0107. The maximum atomic E-state index is 12.5. The van der Waals surface area contributed by atoms with Crippen molar-refractivity contribution in [2.45, 2.75) is 19.9 Å². The van der Waals surface area contributed by atoms with Crippen molar-refractivity contribution in [2.75, 3.05) is 5.32 Å². The lowest BCUT2D eigenvalue weighted by molar-refractivity contribution is 0.0938. The quantitative estimate of drug-likeness (QED) is 0.674. The SMILES string of the molecule is CC(C)NC(=O)c1cc(C(=O)Nc2ccc(Oc3ccccc3)cc2)ccn1. The molecule has 0 aliphatic carbocycles. The van der Waals surface area contributed by atoms with Crippen LogP contribution in [0.15, 0.2) is 72.9 Å². The Morgan fingerprint density at radius 2 is 1.57 bits per heavy atom. The van der Waals surface area contributed by atoms with Crippen LogP contribution in [0.4, 0.5) is 5.69 Å². The van der Waals surface area contributed by atoms with Gasteiger partial charge in [-0.05, 0) is 62.4 Å². The number of rotatable bonds is 6. The van der Waals surface area contributed by atoms with E-state index in [1.807, 2.05) is 44.2 Å². The van der Waals surface area contributed by atoms with Gasteiger partial charge in [0, 0.05) is 23.5 Å². The van der Waals surface area contributed by atoms with E-state index >= 15 is 0 Å². The molecule has 6 nitrogen and oxygen atoms in total. The number of hydrogen-bond donors (Lipinski definition) is 2. The van der Waals surface area contributed by atoms with E-state index in [-0.39, 0.29) is 23.6 Å². The maximum absolute atomic E-state index is 12.5. The van der Waals surface area contributed by atoms with Gasteiger partial charge in [-0.2, -0.15) is 0 Å². The van der Waals surface area contributed by atoms with Crippen LogP contribution in [0.2, 0.25) is 0 Å². The molecule has 3 rings (SSSR count). The second-order valence-electron chi connectivity index (χ2n) is 6.45. The average molecular weight is 375 g/mol. The third-order valence-electron chi connectivity index (χ3n) is 3.77. The molecule has 0 bridgehead atoms. The Morgan fingerprint density at radius 3 is 2.25 bits per heavy atom. The number of amides is 2. The van der Waals surface area contributed by atoms with E-state index < -0.39 is 0 Å². The van der Waals surface area contributed by atoms with Crippen molar-refractivity contribution < 1.29 is 14.3 Å². The molecule has 1 aromatic heterocycles. The molecule has 142 valence electrons. The molecule has 0 radical (unpaired) electrons. The van der Waals surface area contributed by atoms with Gasteiger partial charge in [0.25, 0.3) is 11.8 Å². The first-order chi connectivity index (χ1) is 13.5. The van der Waals surface area contributed by atoms with Crippen LogP contribution in [0.5, 0.6) is 11.5 Å². The molecule has 3 aromatic rings. The minimum atomic E-state index is -0.322. The Labute approximate surface area is 163 Å². The Kier molecular flexibility index (Phi) is 6.01. The fourth-order valence-corrected chi connectivity index (χ4v) is 2.47. The summed E-state index contributed by atoms with van der Waals surface area (Å²) in [5.74, 6) is 0.772. The number of carbonyl (C=O) groups is 2. The number of nitrogens with zero attached hydrogens (tertiary/aromatic N) is 1. The smallest absolute Gasteiger partial charge is 0.270 e. The first-order valence-electron chi connectivity index (χ1n) is 8.92. The highest BCUT2D eigenvalue weighted by atomic mass is 16.5. The standard InChI is InChI=1S/C22H21N3O3/c1-15(2)24-22(27)20-14-16(12-13-23-20)21(26)25-17-8-10-19(11-9-17)28-18-6-4-3-5-7-18/h3-15H,1-2H3,(H,24,27)(H,25,26). The fourth-order valence-electron chi connectivity index (χ4n) is 2.47. The third kappa shape index (κ3) is 5.17. The van der Waals surface area contributed by atoms with Gasteiger partial charge in [0.05, 0.1) is 0 Å². The van der Waals surface area contributed by atoms with E-state index in [9.17, 15) is 9.59 Å². The van der Waals surface area contributed by atoms with E-state index in [1.165, 1.54) is 12.3 Å². The summed E-state index contributed by atoms with van der Waals surface area (Å²) in [4.78, 5) is 28.6. The Morgan fingerprint density at radius 1 is 0.893 bits per heavy atom. The van der Waals surface area contributed by atoms with Gasteiger partial charge in [-0.3, -0.25) is 14.6 Å². The van der Waals surface area contributed by atoms with Crippen molar-refractivity contribution in [3.8, 4) is 11.5 Å². The van der Waals surface area contributed by atoms with Gasteiger partial charge in [0.2, 0.25) is 0 Å². The first kappa shape index (κ1) is 19.1. The fraction of sp³-hybridized carbons (Fsp3) is 0.136. The molecule has 0 unspecified atom stereocenters. The van der Waals surface area contributed by atoms with Gasteiger partial charge < -0.3 is 15.4 Å². The molecule has 0 aliphatic rings. The van der Waals surface area contributed by atoms with Crippen molar-refractivity contribution in [1.82, 2.24) is 10.3 Å². The van der Waals surface area contributed by atoms with Crippen molar-refractivity contribution in [3.63, 3.8) is 0 Å². The van der Waals surface area contributed by atoms with E-state index in [0.29, 0.717) is 17.0 Å². The van der Waals surface area contributed by atoms with Gasteiger partial charge in [-0.15, -0.1) is 0 Å². The number of aromatic nitrogens is 1. The van der Waals surface area contributed by atoms with E-state index in [0.717, 1.165) is 5.75 Å². The highest BCUT2D eigenvalue weighted by Crippen LogP contribution is 2.22. The molecule has 28 heavy (non-hydrogen) atoms. The second-order valence-corrected chi connectivity index (χ2v) is 6.45. The topological polar surface area (TPSA) is 80.3 Å². The zero-order valence-electron chi connectivity index (χ0n) is 15.7. The van der Waals surface area contributed by atoms with Gasteiger partial charge in [0.1, 0.15) is 17.2 Å². The van der Waals surface area contributed by atoms with Crippen LogP contribution in [-0.4, -0.2) is 22.8 Å². The molecule has 0 aliphatic heterocycles. The van der Waals surface area contributed by atoms with Gasteiger partial charge in [0.15, 0.2) is 0 Å². The van der Waals surface area contributed by atoms with Crippen molar-refractivity contribution in [2.24, 2.45) is 0 Å². The number of para-hydroxylation sites is 1. The molecular formula is C22H21N3O3. The molecule has 0 atom stereocenters. The lowest BCUT2D eigenvalue weighted by atomic mass is 10.2. The number of carbonyl (C=O) groups excluding carboxylic acids is 2. The summed E-state index contributed by atoms with van der Waals surface area (Å²) in [6.45, 7) is 3.72. The van der Waals surface area contributed by atoms with E-state index in [2.05, 4.69) is 15.6 Å². The van der Waals surface area contributed by atoms with Crippen molar-refractivity contribution in [3.05, 3.63) is 84.2 Å². The largest absolute Gasteiger partial charge is 0.457 e.